The van der Waals surface area contributed by atoms with Crippen molar-refractivity contribution in [1.82, 2.24) is 14.1 Å². The van der Waals surface area contributed by atoms with Gasteiger partial charge >= 0.3 is 11.9 Å². The number of aryl methyl sites for hydroxylation is 2. The molecule has 0 atom stereocenters. The molecule has 0 aliphatic heterocycles. The Hall–Kier alpha value is -3.23. The molecule has 0 N–H and O–H groups in total. The normalized spacial score (nSPS) is 11.7. The fraction of sp³-hybridized carbons (Fsp3) is 0.222. The van der Waals surface area contributed by atoms with Crippen LogP contribution in [0.2, 0.25) is 0 Å². The van der Waals surface area contributed by atoms with Crippen LogP contribution in [0.25, 0.3) is 11.0 Å². The van der Waals surface area contributed by atoms with Crippen molar-refractivity contribution < 1.29 is 18.0 Å². The summed E-state index contributed by atoms with van der Waals surface area (Å²) in [6.07, 6.45) is -4.71. The van der Waals surface area contributed by atoms with E-state index in [1.165, 1.54) is 7.05 Å². The van der Waals surface area contributed by atoms with Crippen molar-refractivity contribution in [2.45, 2.75) is 19.6 Å². The number of carbonyl (C=O) groups is 1. The van der Waals surface area contributed by atoms with Crippen LogP contribution >= 0.6 is 0 Å². The Kier molecular flexibility index (Phi) is 4.46. The third kappa shape index (κ3) is 3.40. The predicted octanol–water partition coefficient (Wildman–Crippen LogP) is 2.31. The molecule has 140 valence electrons. The van der Waals surface area contributed by atoms with Crippen LogP contribution in [0.3, 0.4) is 0 Å². The van der Waals surface area contributed by atoms with Crippen LogP contribution in [0.4, 0.5) is 13.2 Å². The van der Waals surface area contributed by atoms with Gasteiger partial charge < -0.3 is 0 Å². The summed E-state index contributed by atoms with van der Waals surface area (Å²) in [5.41, 5.74) is -2.12. The van der Waals surface area contributed by atoms with Crippen LogP contribution in [0, 0.1) is 6.92 Å². The van der Waals surface area contributed by atoms with E-state index in [1.54, 1.807) is 24.3 Å². The summed E-state index contributed by atoms with van der Waals surface area (Å²) in [6.45, 7) is 1.32. The molecule has 1 aromatic carbocycles. The third-order valence-electron chi connectivity index (χ3n) is 4.15. The molecule has 9 heteroatoms. The lowest BCUT2D eigenvalue weighted by Gasteiger charge is -2.12. The Morgan fingerprint density at radius 1 is 1.07 bits per heavy atom. The van der Waals surface area contributed by atoms with Gasteiger partial charge in [0.15, 0.2) is 5.78 Å². The van der Waals surface area contributed by atoms with Gasteiger partial charge in [-0.05, 0) is 19.1 Å². The number of pyridine rings is 1. The van der Waals surface area contributed by atoms with Gasteiger partial charge in [0.25, 0.3) is 5.56 Å². The van der Waals surface area contributed by atoms with Crippen LogP contribution in [0.5, 0.6) is 0 Å². The molecule has 0 fully saturated rings. The van der Waals surface area contributed by atoms with Crippen molar-refractivity contribution in [1.29, 1.82) is 0 Å². The molecular formula is C18H14F3N3O3. The van der Waals surface area contributed by atoms with E-state index in [1.807, 2.05) is 6.92 Å². The Labute approximate surface area is 150 Å². The van der Waals surface area contributed by atoms with Crippen LogP contribution in [0.1, 0.15) is 21.6 Å². The molecular weight excluding hydrogens is 363 g/mol. The number of halogens is 3. The summed E-state index contributed by atoms with van der Waals surface area (Å²) >= 11 is 0. The molecule has 0 saturated carbocycles. The third-order valence-corrected chi connectivity index (χ3v) is 4.15. The van der Waals surface area contributed by atoms with E-state index in [2.05, 4.69) is 4.98 Å². The fourth-order valence-electron chi connectivity index (χ4n) is 2.65. The number of rotatable bonds is 3. The second-order valence-electron chi connectivity index (χ2n) is 6.09. The van der Waals surface area contributed by atoms with Gasteiger partial charge in [-0.2, -0.15) is 13.2 Å². The second-order valence-corrected chi connectivity index (χ2v) is 6.09. The van der Waals surface area contributed by atoms with Crippen molar-refractivity contribution in [3.05, 3.63) is 74.1 Å². The van der Waals surface area contributed by atoms with Crippen LogP contribution in [0.15, 0.2) is 46.0 Å². The summed E-state index contributed by atoms with van der Waals surface area (Å²) in [4.78, 5) is 40.8. The summed E-state index contributed by atoms with van der Waals surface area (Å²) in [5.74, 6) is -0.464. The van der Waals surface area contributed by atoms with E-state index in [9.17, 15) is 27.6 Å². The van der Waals surface area contributed by atoms with Gasteiger partial charge in [-0.1, -0.05) is 29.8 Å². The van der Waals surface area contributed by atoms with Crippen LogP contribution in [-0.4, -0.2) is 19.9 Å². The standard InChI is InChI=1S/C18H14F3N3O3/c1-10-3-5-11(6-4-10)13(25)9-24-16(26)12-7-8-14(18(19,20)21)22-15(12)23(2)17(24)27/h3-8H,9H2,1-2H3. The van der Waals surface area contributed by atoms with Gasteiger partial charge in [-0.25, -0.2) is 9.78 Å². The first-order valence-electron chi connectivity index (χ1n) is 7.87. The SMILES string of the molecule is Cc1ccc(C(=O)Cn2c(=O)c3ccc(C(F)(F)F)nc3n(C)c2=O)cc1. The first-order chi connectivity index (χ1) is 12.6. The Balaban J connectivity index is 2.12. The molecule has 3 aromatic rings. The molecule has 0 bridgehead atoms. The number of hydrogen-bond acceptors (Lipinski definition) is 4. The number of alkyl halides is 3. The smallest absolute Gasteiger partial charge is 0.292 e. The molecule has 2 aromatic heterocycles. The molecule has 3 rings (SSSR count). The number of hydrogen-bond donors (Lipinski definition) is 0. The first-order valence-corrected chi connectivity index (χ1v) is 7.87. The number of aromatic nitrogens is 3. The topological polar surface area (TPSA) is 74.0 Å². The lowest BCUT2D eigenvalue weighted by Crippen LogP contribution is -2.41. The lowest BCUT2D eigenvalue weighted by atomic mass is 10.1. The molecule has 6 nitrogen and oxygen atoms in total. The number of benzene rings is 1. The van der Waals surface area contributed by atoms with E-state index in [-0.39, 0.29) is 11.0 Å². The predicted molar refractivity (Wildman–Crippen MR) is 91.8 cm³/mol. The Morgan fingerprint density at radius 2 is 1.70 bits per heavy atom. The highest BCUT2D eigenvalue weighted by atomic mass is 19.4. The highest BCUT2D eigenvalue weighted by molar-refractivity contribution is 5.96. The maximum absolute atomic E-state index is 12.8. The summed E-state index contributed by atoms with van der Waals surface area (Å²) in [5, 5.41) is -0.179. The largest absolute Gasteiger partial charge is 0.433 e. The maximum atomic E-state index is 12.8. The monoisotopic (exact) mass is 377 g/mol. The van der Waals surface area contributed by atoms with Gasteiger partial charge in [-0.3, -0.25) is 18.7 Å². The number of nitrogens with zero attached hydrogens (tertiary/aromatic N) is 3. The van der Waals surface area contributed by atoms with Gasteiger partial charge in [-0.15, -0.1) is 0 Å². The number of ketones is 1. The average molecular weight is 377 g/mol. The fourth-order valence-corrected chi connectivity index (χ4v) is 2.65. The Bertz CT molecular complexity index is 1160. The summed E-state index contributed by atoms with van der Waals surface area (Å²) in [6, 6.07) is 8.21. The van der Waals surface area contributed by atoms with Crippen LogP contribution in [-0.2, 0) is 19.8 Å². The van der Waals surface area contributed by atoms with E-state index in [4.69, 9.17) is 0 Å². The molecule has 0 aliphatic rings. The van der Waals surface area contributed by atoms with Crippen LogP contribution < -0.4 is 11.2 Å². The molecule has 0 saturated heterocycles. The van der Waals surface area contributed by atoms with Crippen molar-refractivity contribution >= 4 is 16.8 Å². The van der Waals surface area contributed by atoms with Crippen molar-refractivity contribution in [3.8, 4) is 0 Å². The van der Waals surface area contributed by atoms with Gasteiger partial charge in [0.1, 0.15) is 11.3 Å². The number of fused-ring (bicyclic) bond motifs is 1. The quantitative estimate of drug-likeness (QED) is 0.657. The van der Waals surface area contributed by atoms with E-state index in [0.29, 0.717) is 16.2 Å². The zero-order valence-electron chi connectivity index (χ0n) is 14.4. The van der Waals surface area contributed by atoms with Crippen molar-refractivity contribution in [2.75, 3.05) is 0 Å². The van der Waals surface area contributed by atoms with E-state index < -0.39 is 35.4 Å². The molecule has 0 unspecified atom stereocenters. The first kappa shape index (κ1) is 18.6. The second kappa shape index (κ2) is 6.49. The lowest BCUT2D eigenvalue weighted by molar-refractivity contribution is -0.141. The van der Waals surface area contributed by atoms with E-state index >= 15 is 0 Å². The minimum absolute atomic E-state index is 0.179. The summed E-state index contributed by atoms with van der Waals surface area (Å²) in [7, 11) is 1.20. The van der Waals surface area contributed by atoms with Crippen molar-refractivity contribution in [2.24, 2.45) is 7.05 Å². The average Bonchev–Trinajstić information content (AvgIpc) is 2.62. The maximum Gasteiger partial charge on any atom is 0.433 e. The van der Waals surface area contributed by atoms with Gasteiger partial charge in [0, 0.05) is 12.6 Å². The Morgan fingerprint density at radius 3 is 2.30 bits per heavy atom. The molecule has 0 radical (unpaired) electrons. The van der Waals surface area contributed by atoms with Gasteiger partial charge in [0.2, 0.25) is 0 Å². The number of carbonyl (C=O) groups excluding carboxylic acids is 1. The van der Waals surface area contributed by atoms with Gasteiger partial charge in [0.05, 0.1) is 11.9 Å². The zero-order valence-corrected chi connectivity index (χ0v) is 14.4. The highest BCUT2D eigenvalue weighted by Crippen LogP contribution is 2.28. The molecule has 0 aliphatic carbocycles. The summed E-state index contributed by atoms with van der Waals surface area (Å²) < 4.78 is 40.0. The van der Waals surface area contributed by atoms with E-state index in [0.717, 1.165) is 16.2 Å². The highest BCUT2D eigenvalue weighted by Gasteiger charge is 2.33. The van der Waals surface area contributed by atoms with Crippen molar-refractivity contribution in [3.63, 3.8) is 0 Å². The minimum atomic E-state index is -4.71. The number of Topliss-reactive ketones (excluding diaryl/α,β-unsaturated/α-hetero) is 1. The molecule has 0 spiro atoms. The molecule has 27 heavy (non-hydrogen) atoms. The molecule has 2 heterocycles. The molecule has 0 amide bonds. The minimum Gasteiger partial charge on any atom is -0.292 e. The zero-order chi connectivity index (χ0) is 19.9.